The summed E-state index contributed by atoms with van der Waals surface area (Å²) in [4.78, 5) is 5.26. The van der Waals surface area contributed by atoms with Crippen LogP contribution in [0.4, 0.5) is 0 Å². The second-order valence-electron chi connectivity index (χ2n) is 12.1. The predicted octanol–water partition coefficient (Wildman–Crippen LogP) is 11.8. The largest absolute Gasteiger partial charge is 0.296 e. The zero-order chi connectivity index (χ0) is 30.4. The van der Waals surface area contributed by atoms with E-state index in [4.69, 9.17) is 4.98 Å². The molecule has 0 atom stereocenters. The molecule has 0 unspecified atom stereocenters. The fourth-order valence-electron chi connectivity index (χ4n) is 7.43. The van der Waals surface area contributed by atoms with Crippen LogP contribution in [-0.2, 0) is 25.5 Å². The van der Waals surface area contributed by atoms with Gasteiger partial charge in [-0.1, -0.05) is 146 Å². The first-order chi connectivity index (χ1) is 22.2. The molecule has 2 heteroatoms. The fraction of sp³-hybridized carbons (Fsp3) is 0.114. The summed E-state index contributed by atoms with van der Waals surface area (Å²) in [6, 6.07) is 56.2. The molecule has 1 aliphatic rings. The molecule has 0 saturated heterocycles. The van der Waals surface area contributed by atoms with Crippen LogP contribution in [0.1, 0.15) is 37.8 Å². The average Bonchev–Trinajstić information content (AvgIpc) is 3.40. The van der Waals surface area contributed by atoms with Gasteiger partial charge in [0.1, 0.15) is 0 Å². The van der Waals surface area contributed by atoms with Crippen LogP contribution in [0, 0.1) is 6.07 Å². The summed E-state index contributed by atoms with van der Waals surface area (Å²) in [6.07, 6.45) is 2.07. The van der Waals surface area contributed by atoms with Crippen molar-refractivity contribution in [1.82, 2.24) is 4.98 Å². The molecule has 0 saturated carbocycles. The van der Waals surface area contributed by atoms with Crippen LogP contribution >= 0.6 is 0 Å². The van der Waals surface area contributed by atoms with E-state index in [1.165, 1.54) is 55.6 Å². The van der Waals surface area contributed by atoms with Gasteiger partial charge in [0.05, 0.1) is 5.52 Å². The average molecular weight is 769 g/mol. The molecule has 1 radical (unpaired) electrons. The maximum absolute atomic E-state index is 5.26. The van der Waals surface area contributed by atoms with Crippen molar-refractivity contribution >= 4 is 10.9 Å². The second-order valence-corrected chi connectivity index (χ2v) is 12.1. The van der Waals surface area contributed by atoms with E-state index in [1.807, 2.05) is 0 Å². The first-order valence-corrected chi connectivity index (χ1v) is 16.0. The van der Waals surface area contributed by atoms with Crippen molar-refractivity contribution in [3.8, 4) is 55.8 Å². The smallest absolute Gasteiger partial charge is 0.0602 e. The van der Waals surface area contributed by atoms with Crippen LogP contribution in [-0.4, -0.2) is 4.98 Å². The molecule has 7 aromatic rings. The minimum atomic E-state index is -0.0526. The van der Waals surface area contributed by atoms with Gasteiger partial charge in [-0.15, -0.1) is 29.3 Å². The van der Waals surface area contributed by atoms with Gasteiger partial charge in [-0.05, 0) is 69.6 Å². The maximum atomic E-state index is 5.26. The molecule has 225 valence electrons. The summed E-state index contributed by atoms with van der Waals surface area (Å²) in [6.45, 7) is 4.67. The Balaban J connectivity index is 0.00000338. The molecular formula is C44H34IrN-. The van der Waals surface area contributed by atoms with E-state index in [9.17, 15) is 0 Å². The Bertz CT molecular complexity index is 2160. The van der Waals surface area contributed by atoms with Crippen LogP contribution in [0.15, 0.2) is 146 Å². The molecular weight excluding hydrogens is 735 g/mol. The van der Waals surface area contributed by atoms with E-state index in [1.54, 1.807) is 0 Å². The van der Waals surface area contributed by atoms with Gasteiger partial charge in [-0.3, -0.25) is 4.98 Å². The maximum Gasteiger partial charge on any atom is 0.0602 e. The zero-order valence-corrected chi connectivity index (χ0v) is 28.4. The van der Waals surface area contributed by atoms with Gasteiger partial charge in [-0.2, -0.15) is 0 Å². The summed E-state index contributed by atoms with van der Waals surface area (Å²) in [5.74, 6) is 0. The Hall–Kier alpha value is -4.62. The van der Waals surface area contributed by atoms with E-state index in [0.29, 0.717) is 0 Å². The molecule has 46 heavy (non-hydrogen) atoms. The quantitative estimate of drug-likeness (QED) is 0.154. The minimum absolute atomic E-state index is 0. The van der Waals surface area contributed by atoms with Gasteiger partial charge in [-0.25, -0.2) is 0 Å². The monoisotopic (exact) mass is 769 g/mol. The first-order valence-electron chi connectivity index (χ1n) is 16.0. The molecule has 1 heterocycles. The van der Waals surface area contributed by atoms with Crippen molar-refractivity contribution in [2.24, 2.45) is 0 Å². The topological polar surface area (TPSA) is 12.9 Å². The third kappa shape index (κ3) is 4.94. The van der Waals surface area contributed by atoms with E-state index < -0.39 is 0 Å². The van der Waals surface area contributed by atoms with Crippen LogP contribution in [0.3, 0.4) is 0 Å². The summed E-state index contributed by atoms with van der Waals surface area (Å²) >= 11 is 0. The molecule has 0 spiro atoms. The summed E-state index contributed by atoms with van der Waals surface area (Å²) in [5, 5.41) is 1.16. The molecule has 1 aromatic heterocycles. The van der Waals surface area contributed by atoms with Crippen molar-refractivity contribution in [2.45, 2.75) is 32.1 Å². The van der Waals surface area contributed by atoms with Gasteiger partial charge in [0.25, 0.3) is 0 Å². The second kappa shape index (κ2) is 12.3. The first kappa shape index (κ1) is 30.1. The third-order valence-corrected chi connectivity index (χ3v) is 9.88. The van der Waals surface area contributed by atoms with Crippen molar-refractivity contribution in [3.63, 3.8) is 0 Å². The number of hydrogen-bond acceptors (Lipinski definition) is 1. The van der Waals surface area contributed by atoms with Crippen molar-refractivity contribution in [1.29, 1.82) is 0 Å². The van der Waals surface area contributed by atoms with Crippen molar-refractivity contribution in [3.05, 3.63) is 163 Å². The number of fused-ring (bicyclic) bond motifs is 4. The number of aromatic nitrogens is 1. The Morgan fingerprint density at radius 2 is 1.09 bits per heavy atom. The Labute approximate surface area is 285 Å². The summed E-state index contributed by atoms with van der Waals surface area (Å²) in [7, 11) is 0. The van der Waals surface area contributed by atoms with E-state index in [-0.39, 0.29) is 25.5 Å². The van der Waals surface area contributed by atoms with Crippen molar-refractivity contribution in [2.75, 3.05) is 0 Å². The van der Waals surface area contributed by atoms with E-state index >= 15 is 0 Å². The van der Waals surface area contributed by atoms with E-state index in [0.717, 1.165) is 35.0 Å². The molecule has 6 aromatic carbocycles. The number of pyridine rings is 1. The predicted molar refractivity (Wildman–Crippen MR) is 189 cm³/mol. The van der Waals surface area contributed by atoms with Crippen LogP contribution in [0.5, 0.6) is 0 Å². The number of rotatable bonds is 6. The Kier molecular flexibility index (Phi) is 8.03. The third-order valence-electron chi connectivity index (χ3n) is 9.88. The van der Waals surface area contributed by atoms with Gasteiger partial charge >= 0.3 is 0 Å². The standard InChI is InChI=1S/C44H34N.Ir/c1-3-44(4-2)40-27-34(31-16-10-6-11-17-31)20-23-36(40)37-24-21-35(28-41(37)44)43-29-38(32-18-12-7-13-19-32)39-26-33(22-25-42(39)45-43)30-14-8-5-9-15-30;/h5-20,22-29H,3-4H2,1-2H3;/q-1;. The normalized spacial score (nSPS) is 12.7. The molecule has 0 aliphatic heterocycles. The van der Waals surface area contributed by atoms with E-state index in [2.05, 4.69) is 166 Å². The van der Waals surface area contributed by atoms with Crippen molar-refractivity contribution < 1.29 is 20.1 Å². The summed E-state index contributed by atoms with van der Waals surface area (Å²) in [5.41, 5.74) is 15.7. The molecule has 1 nitrogen and oxygen atoms in total. The minimum Gasteiger partial charge on any atom is -0.296 e. The fourth-order valence-corrected chi connectivity index (χ4v) is 7.43. The SMILES string of the molecule is CCC1(CC)c2cc(-c3cc(-c4ccccc4)c4cc(-c5ccccc5)ccc4n3)[c-]cc2-c2ccc(-c3ccccc3)cc21.[Ir]. The molecule has 8 rings (SSSR count). The molecule has 0 amide bonds. The Morgan fingerprint density at radius 3 is 1.72 bits per heavy atom. The number of hydrogen-bond donors (Lipinski definition) is 0. The zero-order valence-electron chi connectivity index (χ0n) is 26.1. The molecule has 0 N–H and O–H groups in total. The number of nitrogens with zero attached hydrogens (tertiary/aromatic N) is 1. The number of benzene rings is 6. The molecule has 0 bridgehead atoms. The van der Waals surface area contributed by atoms with Gasteiger partial charge in [0, 0.05) is 30.9 Å². The Morgan fingerprint density at radius 1 is 0.522 bits per heavy atom. The van der Waals surface area contributed by atoms with Crippen LogP contribution < -0.4 is 0 Å². The van der Waals surface area contributed by atoms with Gasteiger partial charge in [0.15, 0.2) is 0 Å². The van der Waals surface area contributed by atoms with Gasteiger partial charge < -0.3 is 0 Å². The summed E-state index contributed by atoms with van der Waals surface area (Å²) < 4.78 is 0. The van der Waals surface area contributed by atoms with Crippen LogP contribution in [0.2, 0.25) is 0 Å². The molecule has 0 fully saturated rings. The van der Waals surface area contributed by atoms with Crippen LogP contribution in [0.25, 0.3) is 66.7 Å². The van der Waals surface area contributed by atoms with Gasteiger partial charge in [0.2, 0.25) is 0 Å². The molecule has 1 aliphatic carbocycles.